The van der Waals surface area contributed by atoms with Gasteiger partial charge >= 0.3 is 0 Å². The fourth-order valence-electron chi connectivity index (χ4n) is 3.20. The van der Waals surface area contributed by atoms with Gasteiger partial charge in [-0.05, 0) is 23.8 Å². The van der Waals surface area contributed by atoms with Crippen molar-refractivity contribution in [2.45, 2.75) is 6.42 Å². The van der Waals surface area contributed by atoms with Crippen LogP contribution >= 0.6 is 11.3 Å². The largest absolute Gasteiger partial charge is 0.463 e. The molecule has 0 aliphatic carbocycles. The Morgan fingerprint density at radius 1 is 1.16 bits per heavy atom. The number of aliphatic hydroxyl groups excluding tert-OH is 1. The number of hydrogen-bond acceptors (Lipinski definition) is 6. The zero-order chi connectivity index (χ0) is 21.8. The van der Waals surface area contributed by atoms with Gasteiger partial charge in [-0.25, -0.2) is 4.98 Å². The van der Waals surface area contributed by atoms with E-state index in [0.29, 0.717) is 34.8 Å². The summed E-state index contributed by atoms with van der Waals surface area (Å²) in [5, 5.41) is 13.1. The summed E-state index contributed by atoms with van der Waals surface area (Å²) in [4.78, 5) is 31.6. The van der Waals surface area contributed by atoms with Gasteiger partial charge in [-0.2, -0.15) is 0 Å². The van der Waals surface area contributed by atoms with Crippen LogP contribution in [0.3, 0.4) is 0 Å². The molecule has 2 heterocycles. The molecule has 0 radical (unpaired) electrons. The summed E-state index contributed by atoms with van der Waals surface area (Å²) in [7, 11) is 1.66. The maximum Gasteiger partial charge on any atom is 0.261 e. The number of rotatable bonds is 7. The Labute approximate surface area is 182 Å². The summed E-state index contributed by atoms with van der Waals surface area (Å²) < 4.78 is 5.43. The highest BCUT2D eigenvalue weighted by Crippen LogP contribution is 2.25. The molecule has 2 amide bonds. The first kappa shape index (κ1) is 20.8. The van der Waals surface area contributed by atoms with E-state index < -0.39 is 0 Å². The Morgan fingerprint density at radius 2 is 1.94 bits per heavy atom. The van der Waals surface area contributed by atoms with Crippen LogP contribution in [0.15, 0.2) is 65.4 Å². The van der Waals surface area contributed by atoms with Crippen LogP contribution in [0.25, 0.3) is 11.0 Å². The van der Waals surface area contributed by atoms with E-state index in [2.05, 4.69) is 10.3 Å². The minimum absolute atomic E-state index is 0.0681. The number of benzene rings is 2. The second-order valence-corrected chi connectivity index (χ2v) is 8.17. The van der Waals surface area contributed by atoms with Gasteiger partial charge in [0.2, 0.25) is 0 Å². The van der Waals surface area contributed by atoms with E-state index in [4.69, 9.17) is 9.52 Å². The minimum Gasteiger partial charge on any atom is -0.463 e. The molecule has 0 fully saturated rings. The standard InChI is InChI=1S/C23H21N3O4S/c1-26(10-11-27)22(29)16-8-6-15(7-9-16)12-17-13-24-23(31-17)25-21(28)19-14-30-20-5-3-2-4-18(19)20/h2-9,13-14,27H,10-12H2,1H3,(H,24,25,28). The molecule has 2 aromatic carbocycles. The fraction of sp³-hybridized carbons (Fsp3) is 0.174. The summed E-state index contributed by atoms with van der Waals surface area (Å²) in [5.41, 5.74) is 2.74. The average molecular weight is 436 g/mol. The third kappa shape index (κ3) is 4.65. The number of hydrogen-bond donors (Lipinski definition) is 2. The number of furan rings is 1. The molecule has 0 unspecified atom stereocenters. The van der Waals surface area contributed by atoms with Gasteiger partial charge in [0.05, 0.1) is 12.2 Å². The predicted octanol–water partition coefficient (Wildman–Crippen LogP) is 3.80. The number of likely N-dealkylation sites (N-methyl/N-ethyl adjacent to an activating group) is 1. The third-order valence-electron chi connectivity index (χ3n) is 4.86. The number of nitrogens with one attached hydrogen (secondary N) is 1. The molecule has 2 N–H and O–H groups in total. The molecule has 0 saturated carbocycles. The molecule has 0 aliphatic heterocycles. The lowest BCUT2D eigenvalue weighted by molar-refractivity contribution is 0.0767. The molecule has 0 saturated heterocycles. The lowest BCUT2D eigenvalue weighted by Gasteiger charge is -2.15. The van der Waals surface area contributed by atoms with Crippen LogP contribution in [0.5, 0.6) is 0 Å². The SMILES string of the molecule is CN(CCO)C(=O)c1ccc(Cc2cnc(NC(=O)c3coc4ccccc34)s2)cc1. The number of nitrogens with zero attached hydrogens (tertiary/aromatic N) is 2. The number of amides is 2. The van der Waals surface area contributed by atoms with Gasteiger partial charge in [0, 0.05) is 42.0 Å². The number of thiazole rings is 1. The van der Waals surface area contributed by atoms with Crippen LogP contribution in [0.1, 0.15) is 31.2 Å². The molecular formula is C23H21N3O4S. The summed E-state index contributed by atoms with van der Waals surface area (Å²) >= 11 is 1.40. The van der Waals surface area contributed by atoms with Crippen molar-refractivity contribution in [3.63, 3.8) is 0 Å². The molecular weight excluding hydrogens is 414 g/mol. The van der Waals surface area contributed by atoms with Gasteiger partial charge in [0.1, 0.15) is 11.8 Å². The summed E-state index contributed by atoms with van der Waals surface area (Å²) in [6.45, 7) is 0.228. The lowest BCUT2D eigenvalue weighted by Crippen LogP contribution is -2.29. The number of aromatic nitrogens is 1. The van der Waals surface area contributed by atoms with Crippen molar-refractivity contribution in [2.75, 3.05) is 25.5 Å². The summed E-state index contributed by atoms with van der Waals surface area (Å²) in [6.07, 6.45) is 3.83. The van der Waals surface area contributed by atoms with Crippen LogP contribution in [0, 0.1) is 0 Å². The average Bonchev–Trinajstić information content (AvgIpc) is 3.40. The van der Waals surface area contributed by atoms with E-state index in [1.54, 1.807) is 25.4 Å². The van der Waals surface area contributed by atoms with Crippen LogP contribution in [0.2, 0.25) is 0 Å². The molecule has 7 nitrogen and oxygen atoms in total. The van der Waals surface area contributed by atoms with Crippen LogP contribution in [-0.4, -0.2) is 47.0 Å². The van der Waals surface area contributed by atoms with Crippen molar-refractivity contribution in [1.29, 1.82) is 0 Å². The van der Waals surface area contributed by atoms with Crippen LogP contribution in [0.4, 0.5) is 5.13 Å². The number of fused-ring (bicyclic) bond motifs is 1. The minimum atomic E-state index is -0.263. The van der Waals surface area contributed by atoms with E-state index in [9.17, 15) is 9.59 Å². The topological polar surface area (TPSA) is 95.7 Å². The van der Waals surface area contributed by atoms with Gasteiger partial charge in [-0.3, -0.25) is 14.9 Å². The molecule has 0 aliphatic rings. The maximum atomic E-state index is 12.6. The molecule has 158 valence electrons. The van der Waals surface area contributed by atoms with Gasteiger partial charge in [-0.15, -0.1) is 11.3 Å². The molecule has 0 bridgehead atoms. The summed E-state index contributed by atoms with van der Waals surface area (Å²) in [5.74, 6) is -0.393. The van der Waals surface area contributed by atoms with E-state index in [1.165, 1.54) is 22.5 Å². The first-order valence-electron chi connectivity index (χ1n) is 9.72. The lowest BCUT2D eigenvalue weighted by atomic mass is 10.1. The van der Waals surface area contributed by atoms with Crippen molar-refractivity contribution in [2.24, 2.45) is 0 Å². The Bertz CT molecular complexity index is 1210. The van der Waals surface area contributed by atoms with E-state index >= 15 is 0 Å². The monoisotopic (exact) mass is 435 g/mol. The predicted molar refractivity (Wildman–Crippen MR) is 120 cm³/mol. The normalized spacial score (nSPS) is 10.9. The zero-order valence-corrected chi connectivity index (χ0v) is 17.7. The van der Waals surface area contributed by atoms with Crippen molar-refractivity contribution < 1.29 is 19.1 Å². The molecule has 4 aromatic rings. The maximum absolute atomic E-state index is 12.6. The Kier molecular flexibility index (Phi) is 6.11. The smallest absolute Gasteiger partial charge is 0.261 e. The number of anilines is 1. The molecule has 8 heteroatoms. The van der Waals surface area contributed by atoms with Crippen molar-refractivity contribution in [3.05, 3.63) is 82.6 Å². The number of para-hydroxylation sites is 1. The third-order valence-corrected chi connectivity index (χ3v) is 5.77. The highest BCUT2D eigenvalue weighted by molar-refractivity contribution is 7.15. The van der Waals surface area contributed by atoms with Gasteiger partial charge in [0.15, 0.2) is 5.13 Å². The van der Waals surface area contributed by atoms with E-state index in [1.807, 2.05) is 36.4 Å². The Morgan fingerprint density at radius 3 is 2.71 bits per heavy atom. The van der Waals surface area contributed by atoms with Gasteiger partial charge in [0.25, 0.3) is 11.8 Å². The first-order chi connectivity index (χ1) is 15.0. The molecule has 4 rings (SSSR count). The summed E-state index contributed by atoms with van der Waals surface area (Å²) in [6, 6.07) is 14.7. The highest BCUT2D eigenvalue weighted by Gasteiger charge is 2.15. The van der Waals surface area contributed by atoms with E-state index in [0.717, 1.165) is 15.8 Å². The van der Waals surface area contributed by atoms with Crippen molar-refractivity contribution in [3.8, 4) is 0 Å². The second-order valence-electron chi connectivity index (χ2n) is 7.06. The Hall–Kier alpha value is -3.49. The Balaban J connectivity index is 1.40. The molecule has 0 atom stereocenters. The quantitative estimate of drug-likeness (QED) is 0.460. The number of carbonyl (C=O) groups is 2. The molecule has 31 heavy (non-hydrogen) atoms. The number of aliphatic hydroxyl groups is 1. The van der Waals surface area contributed by atoms with Crippen LogP contribution in [-0.2, 0) is 6.42 Å². The van der Waals surface area contributed by atoms with Gasteiger partial charge < -0.3 is 14.4 Å². The van der Waals surface area contributed by atoms with Crippen molar-refractivity contribution in [1.82, 2.24) is 9.88 Å². The molecule has 2 aromatic heterocycles. The zero-order valence-electron chi connectivity index (χ0n) is 16.9. The number of carbonyl (C=O) groups excluding carboxylic acids is 2. The second kappa shape index (κ2) is 9.11. The first-order valence-corrected chi connectivity index (χ1v) is 10.5. The highest BCUT2D eigenvalue weighted by atomic mass is 32.1. The van der Waals surface area contributed by atoms with E-state index in [-0.39, 0.29) is 18.4 Å². The van der Waals surface area contributed by atoms with Crippen molar-refractivity contribution >= 4 is 39.3 Å². The fourth-order valence-corrected chi connectivity index (χ4v) is 4.05. The van der Waals surface area contributed by atoms with Gasteiger partial charge in [-0.1, -0.05) is 30.3 Å². The van der Waals surface area contributed by atoms with Crippen LogP contribution < -0.4 is 5.32 Å². The molecule has 0 spiro atoms.